The van der Waals surface area contributed by atoms with Crippen molar-refractivity contribution >= 4 is 22.8 Å². The van der Waals surface area contributed by atoms with Crippen molar-refractivity contribution in [3.8, 4) is 0 Å². The van der Waals surface area contributed by atoms with Crippen LogP contribution in [-0.4, -0.2) is 50.4 Å². The van der Waals surface area contributed by atoms with Crippen LogP contribution in [0.1, 0.15) is 47.0 Å². The molecule has 2 atom stereocenters. The van der Waals surface area contributed by atoms with Crippen molar-refractivity contribution in [3.05, 3.63) is 24.1 Å². The molecule has 29 heavy (non-hydrogen) atoms. The summed E-state index contributed by atoms with van der Waals surface area (Å²) in [6, 6.07) is 0.332. The number of nitrogens with one attached hydrogen (secondary N) is 1. The van der Waals surface area contributed by atoms with E-state index in [1.54, 1.807) is 10.9 Å². The van der Waals surface area contributed by atoms with E-state index in [9.17, 15) is 0 Å². The standard InChI is InChI=1S/C20H31N7O2/c1-13(2)29-15(4)6-5-14(3)27-19-18(25-26-27)10-22-20(24-19)23-17-8-7-16(9-17)11-28-12-21/h5-6,10,13,16-17H,7-9,11-12,21H2,1-4H3,(H,22,23,24)/b14-5+,15-6+/t16-,17-/m1/s1. The van der Waals surface area contributed by atoms with E-state index in [1.165, 1.54) is 0 Å². The van der Waals surface area contributed by atoms with Crippen LogP contribution >= 0.6 is 0 Å². The molecule has 1 fully saturated rings. The van der Waals surface area contributed by atoms with E-state index in [0.29, 0.717) is 35.7 Å². The second kappa shape index (κ2) is 9.80. The molecule has 0 aromatic carbocycles. The number of ether oxygens (including phenoxy) is 2. The van der Waals surface area contributed by atoms with Gasteiger partial charge in [-0.05, 0) is 65.0 Å². The van der Waals surface area contributed by atoms with Gasteiger partial charge in [-0.3, -0.25) is 0 Å². The van der Waals surface area contributed by atoms with Crippen molar-refractivity contribution in [1.29, 1.82) is 0 Å². The maximum atomic E-state index is 5.65. The highest BCUT2D eigenvalue weighted by Crippen LogP contribution is 2.28. The Morgan fingerprint density at radius 2 is 2.17 bits per heavy atom. The SMILES string of the molecule is C/C(=C\C=C(/C)n1nnc2cnc(N[C@@H]3CC[C@@H](COCN)C3)nc21)OC(C)C. The van der Waals surface area contributed by atoms with Gasteiger partial charge in [0.25, 0.3) is 0 Å². The van der Waals surface area contributed by atoms with Gasteiger partial charge in [-0.1, -0.05) is 5.21 Å². The molecule has 1 saturated carbocycles. The molecular formula is C20H31N7O2. The Bertz CT molecular complexity index is 875. The van der Waals surface area contributed by atoms with Gasteiger partial charge >= 0.3 is 0 Å². The lowest BCUT2D eigenvalue weighted by Crippen LogP contribution is -2.19. The van der Waals surface area contributed by atoms with Crippen LogP contribution in [0.2, 0.25) is 0 Å². The smallest absolute Gasteiger partial charge is 0.225 e. The molecular weight excluding hydrogens is 370 g/mol. The lowest BCUT2D eigenvalue weighted by molar-refractivity contribution is 0.107. The highest BCUT2D eigenvalue weighted by atomic mass is 16.5. The van der Waals surface area contributed by atoms with Crippen LogP contribution in [0.25, 0.3) is 16.9 Å². The van der Waals surface area contributed by atoms with Crippen molar-refractivity contribution in [2.75, 3.05) is 18.7 Å². The molecule has 2 heterocycles. The summed E-state index contributed by atoms with van der Waals surface area (Å²) in [6.45, 7) is 8.88. The third-order valence-corrected chi connectivity index (χ3v) is 4.85. The maximum absolute atomic E-state index is 5.65. The zero-order valence-corrected chi connectivity index (χ0v) is 17.6. The van der Waals surface area contributed by atoms with E-state index < -0.39 is 0 Å². The highest BCUT2D eigenvalue weighted by Gasteiger charge is 2.25. The topological polar surface area (TPSA) is 113 Å². The van der Waals surface area contributed by atoms with Crippen molar-refractivity contribution in [2.45, 2.75) is 59.1 Å². The lowest BCUT2D eigenvalue weighted by Gasteiger charge is -2.13. The van der Waals surface area contributed by atoms with Gasteiger partial charge in [-0.15, -0.1) is 5.10 Å². The first-order valence-corrected chi connectivity index (χ1v) is 10.1. The van der Waals surface area contributed by atoms with Gasteiger partial charge < -0.3 is 20.5 Å². The quantitative estimate of drug-likeness (QED) is 0.375. The average Bonchev–Trinajstić information content (AvgIpc) is 3.30. The Balaban J connectivity index is 1.71. The van der Waals surface area contributed by atoms with Gasteiger partial charge in [0.05, 0.1) is 31.4 Å². The van der Waals surface area contributed by atoms with E-state index in [4.69, 9.17) is 15.2 Å². The molecule has 0 saturated heterocycles. The first-order valence-electron chi connectivity index (χ1n) is 10.1. The van der Waals surface area contributed by atoms with Crippen molar-refractivity contribution in [2.24, 2.45) is 11.7 Å². The molecule has 0 radical (unpaired) electrons. The normalized spacial score (nSPS) is 20.6. The number of nitrogens with zero attached hydrogens (tertiary/aromatic N) is 5. The predicted octanol–water partition coefficient (Wildman–Crippen LogP) is 2.92. The first-order chi connectivity index (χ1) is 14.0. The summed E-state index contributed by atoms with van der Waals surface area (Å²) in [7, 11) is 0. The van der Waals surface area contributed by atoms with Crippen LogP contribution in [0.5, 0.6) is 0 Å². The number of nitrogens with two attached hydrogens (primary N) is 1. The summed E-state index contributed by atoms with van der Waals surface area (Å²) in [4.78, 5) is 9.05. The molecule has 2 aromatic heterocycles. The summed E-state index contributed by atoms with van der Waals surface area (Å²) < 4.78 is 12.7. The Hall–Kier alpha value is -2.52. The molecule has 3 N–H and O–H groups in total. The van der Waals surface area contributed by atoms with Gasteiger partial charge in [0.2, 0.25) is 5.95 Å². The average molecular weight is 402 g/mol. The molecule has 1 aliphatic rings. The van der Waals surface area contributed by atoms with E-state index in [1.807, 2.05) is 39.8 Å². The Morgan fingerprint density at radius 1 is 1.34 bits per heavy atom. The molecule has 9 nitrogen and oxygen atoms in total. The molecule has 0 amide bonds. The fourth-order valence-electron chi connectivity index (χ4n) is 3.53. The molecule has 0 spiro atoms. The predicted molar refractivity (Wildman–Crippen MR) is 113 cm³/mol. The minimum absolute atomic E-state index is 0.144. The third-order valence-electron chi connectivity index (χ3n) is 4.85. The zero-order chi connectivity index (χ0) is 20.8. The summed E-state index contributed by atoms with van der Waals surface area (Å²) in [5.41, 5.74) is 7.64. The minimum atomic E-state index is 0.144. The van der Waals surface area contributed by atoms with Gasteiger partial charge in [0.1, 0.15) is 0 Å². The summed E-state index contributed by atoms with van der Waals surface area (Å²) in [6.07, 6.45) is 8.92. The largest absolute Gasteiger partial charge is 0.496 e. The summed E-state index contributed by atoms with van der Waals surface area (Å²) in [5, 5.41) is 11.8. The molecule has 9 heteroatoms. The van der Waals surface area contributed by atoms with E-state index >= 15 is 0 Å². The van der Waals surface area contributed by atoms with Gasteiger partial charge in [-0.25, -0.2) is 4.98 Å². The van der Waals surface area contributed by atoms with Crippen LogP contribution in [0, 0.1) is 5.92 Å². The molecule has 1 aliphatic carbocycles. The van der Waals surface area contributed by atoms with Gasteiger partial charge in [0, 0.05) is 11.7 Å². The zero-order valence-electron chi connectivity index (χ0n) is 17.6. The van der Waals surface area contributed by atoms with Crippen LogP contribution in [0.15, 0.2) is 24.1 Å². The summed E-state index contributed by atoms with van der Waals surface area (Å²) >= 11 is 0. The van der Waals surface area contributed by atoms with E-state index in [0.717, 1.165) is 30.7 Å². The molecule has 0 bridgehead atoms. The number of allylic oxidation sites excluding steroid dienone is 4. The second-order valence-corrected chi connectivity index (χ2v) is 7.71. The number of rotatable bonds is 9. The first kappa shape index (κ1) is 21.2. The Morgan fingerprint density at radius 3 is 2.93 bits per heavy atom. The van der Waals surface area contributed by atoms with E-state index in [-0.39, 0.29) is 12.8 Å². The molecule has 0 aliphatic heterocycles. The number of aromatic nitrogens is 5. The Kier molecular flexibility index (Phi) is 7.16. The van der Waals surface area contributed by atoms with Crippen molar-refractivity contribution in [3.63, 3.8) is 0 Å². The molecule has 3 rings (SSSR count). The van der Waals surface area contributed by atoms with Crippen molar-refractivity contribution < 1.29 is 9.47 Å². The van der Waals surface area contributed by atoms with E-state index in [2.05, 4.69) is 25.6 Å². The van der Waals surface area contributed by atoms with Crippen molar-refractivity contribution in [1.82, 2.24) is 25.0 Å². The molecule has 0 unspecified atom stereocenters. The van der Waals surface area contributed by atoms with Crippen LogP contribution < -0.4 is 11.1 Å². The third kappa shape index (κ3) is 5.74. The summed E-state index contributed by atoms with van der Waals surface area (Å²) in [5.74, 6) is 1.96. The lowest BCUT2D eigenvalue weighted by atomic mass is 10.1. The number of hydrogen-bond acceptors (Lipinski definition) is 8. The highest BCUT2D eigenvalue weighted by molar-refractivity contribution is 5.73. The second-order valence-electron chi connectivity index (χ2n) is 7.71. The fourth-order valence-corrected chi connectivity index (χ4v) is 3.53. The number of hydrogen-bond donors (Lipinski definition) is 2. The molecule has 2 aromatic rings. The fraction of sp³-hybridized carbons (Fsp3) is 0.600. The van der Waals surface area contributed by atoms with Gasteiger partial charge in [-0.2, -0.15) is 9.67 Å². The van der Waals surface area contributed by atoms with Crippen LogP contribution in [-0.2, 0) is 9.47 Å². The number of fused-ring (bicyclic) bond motifs is 1. The number of anilines is 1. The maximum Gasteiger partial charge on any atom is 0.225 e. The Labute approximate surface area is 171 Å². The molecule has 158 valence electrons. The van der Waals surface area contributed by atoms with Gasteiger partial charge in [0.15, 0.2) is 11.2 Å². The minimum Gasteiger partial charge on any atom is -0.496 e. The van der Waals surface area contributed by atoms with Crippen LogP contribution in [0.4, 0.5) is 5.95 Å². The van der Waals surface area contributed by atoms with Crippen LogP contribution in [0.3, 0.4) is 0 Å². The monoisotopic (exact) mass is 401 g/mol.